The number of aryl methyl sites for hydroxylation is 1. The summed E-state index contributed by atoms with van der Waals surface area (Å²) < 4.78 is 1.44. The zero-order chi connectivity index (χ0) is 18.7. The van der Waals surface area contributed by atoms with Crippen molar-refractivity contribution in [3.63, 3.8) is 0 Å². The van der Waals surface area contributed by atoms with E-state index in [9.17, 15) is 14.7 Å². The molecule has 1 saturated carbocycles. The average Bonchev–Trinajstić information content (AvgIpc) is 3.39. The van der Waals surface area contributed by atoms with Gasteiger partial charge in [-0.2, -0.15) is 0 Å². The van der Waals surface area contributed by atoms with E-state index >= 15 is 0 Å². The van der Waals surface area contributed by atoms with Crippen molar-refractivity contribution in [3.8, 4) is 11.1 Å². The molecule has 6 nitrogen and oxygen atoms in total. The number of aromatic nitrogens is 3. The van der Waals surface area contributed by atoms with Gasteiger partial charge in [0.2, 0.25) is 0 Å². The molecule has 0 aliphatic heterocycles. The average molecular weight is 397 g/mol. The molecule has 28 heavy (non-hydrogen) atoms. The maximum atomic E-state index is 12.6. The number of hydrogen-bond donors (Lipinski definition) is 1. The van der Waals surface area contributed by atoms with Gasteiger partial charge in [0.05, 0.1) is 17.0 Å². The van der Waals surface area contributed by atoms with Crippen molar-refractivity contribution in [3.05, 3.63) is 69.9 Å². The second kappa shape index (κ2) is 7.24. The van der Waals surface area contributed by atoms with Crippen LogP contribution in [0.5, 0.6) is 0 Å². The molecule has 0 unspecified atom stereocenters. The van der Waals surface area contributed by atoms with Crippen LogP contribution in [0, 0.1) is 6.92 Å². The minimum Gasteiger partial charge on any atom is -0.545 e. The number of pyridine rings is 3. The maximum absolute atomic E-state index is 12.6. The van der Waals surface area contributed by atoms with Crippen molar-refractivity contribution >= 4 is 22.5 Å². The number of aromatic carboxylic acids is 1. The summed E-state index contributed by atoms with van der Waals surface area (Å²) in [6.45, 7) is 1.97. The molecule has 4 aromatic rings. The minimum absolute atomic E-state index is 0. The molecule has 0 radical (unpaired) electrons. The number of carbonyl (C=O) groups is 1. The predicted octanol–water partition coefficient (Wildman–Crippen LogP) is -0.604. The minimum atomic E-state index is -1.43. The number of rotatable bonds is 3. The van der Waals surface area contributed by atoms with E-state index < -0.39 is 11.5 Å². The van der Waals surface area contributed by atoms with Crippen LogP contribution >= 0.6 is 0 Å². The van der Waals surface area contributed by atoms with Crippen LogP contribution in [0.2, 0.25) is 0 Å². The standard InChI is InChI=1S/C21H17N3O3.K/c1-11-15(14-8-13-4-6-22-19(13)23-10-14)5-7-24-18(11)16(12-2-3-12)9-17(20(24)25)21(26)27;/h4-10,12H,2-3H2,1H3,(H,22,23)(H,26,27);/q;+1/p-1. The Morgan fingerprint density at radius 3 is 2.79 bits per heavy atom. The zero-order valence-corrected chi connectivity index (χ0v) is 18.8. The number of hydrogen-bond acceptors (Lipinski definition) is 4. The Morgan fingerprint density at radius 2 is 2.07 bits per heavy atom. The van der Waals surface area contributed by atoms with E-state index in [0.29, 0.717) is 0 Å². The summed E-state index contributed by atoms with van der Waals surface area (Å²) in [5.74, 6) is -1.14. The summed E-state index contributed by atoms with van der Waals surface area (Å²) in [5.41, 5.74) is 4.57. The Kier molecular flexibility index (Phi) is 5.05. The molecule has 0 spiro atoms. The predicted molar refractivity (Wildman–Crippen MR) is 99.8 cm³/mol. The second-order valence-electron chi connectivity index (χ2n) is 7.09. The van der Waals surface area contributed by atoms with Crippen LogP contribution in [0.15, 0.2) is 47.7 Å². The first-order valence-electron chi connectivity index (χ1n) is 8.88. The third kappa shape index (κ3) is 3.07. The van der Waals surface area contributed by atoms with Gasteiger partial charge in [-0.3, -0.25) is 9.20 Å². The fourth-order valence-electron chi connectivity index (χ4n) is 3.85. The summed E-state index contributed by atoms with van der Waals surface area (Å²) >= 11 is 0. The second-order valence-corrected chi connectivity index (χ2v) is 7.09. The van der Waals surface area contributed by atoms with Gasteiger partial charge >= 0.3 is 51.4 Å². The van der Waals surface area contributed by atoms with Crippen LogP contribution in [0.3, 0.4) is 0 Å². The van der Waals surface area contributed by atoms with Crippen molar-refractivity contribution in [2.75, 3.05) is 0 Å². The van der Waals surface area contributed by atoms with Gasteiger partial charge in [-0.05, 0) is 66.6 Å². The van der Waals surface area contributed by atoms with E-state index in [1.165, 1.54) is 10.5 Å². The molecule has 1 fully saturated rings. The normalized spacial score (nSPS) is 13.6. The molecule has 0 saturated heterocycles. The number of carbonyl (C=O) groups excluding carboxylic acids is 1. The molecule has 7 heteroatoms. The summed E-state index contributed by atoms with van der Waals surface area (Å²) in [6.07, 6.45) is 7.31. The number of nitrogens with one attached hydrogen (secondary N) is 1. The van der Waals surface area contributed by atoms with E-state index in [-0.39, 0.29) is 62.9 Å². The number of carboxylic acid groups (broad SMARTS) is 1. The zero-order valence-electron chi connectivity index (χ0n) is 15.7. The first-order valence-corrected chi connectivity index (χ1v) is 8.88. The van der Waals surface area contributed by atoms with E-state index in [1.807, 2.05) is 31.5 Å². The van der Waals surface area contributed by atoms with Crippen molar-refractivity contribution in [2.45, 2.75) is 25.7 Å². The van der Waals surface area contributed by atoms with E-state index in [1.54, 1.807) is 6.20 Å². The third-order valence-electron chi connectivity index (χ3n) is 5.36. The van der Waals surface area contributed by atoms with Gasteiger partial charge in [0.1, 0.15) is 5.65 Å². The Bertz CT molecular complexity index is 1300. The Labute approximate surface area is 203 Å². The summed E-state index contributed by atoms with van der Waals surface area (Å²) in [5, 5.41) is 12.4. The van der Waals surface area contributed by atoms with Crippen molar-refractivity contribution in [2.24, 2.45) is 0 Å². The van der Waals surface area contributed by atoms with Crippen LogP contribution in [0.1, 0.15) is 40.2 Å². The molecule has 4 aromatic heterocycles. The Balaban J connectivity index is 0.00000192. The number of fused-ring (bicyclic) bond motifs is 2. The van der Waals surface area contributed by atoms with Gasteiger partial charge in [-0.1, -0.05) is 0 Å². The number of nitrogens with zero attached hydrogens (tertiary/aromatic N) is 2. The molecule has 0 atom stereocenters. The maximum Gasteiger partial charge on any atom is 1.00 e. The topological polar surface area (TPSA) is 90.3 Å². The fraction of sp³-hybridized carbons (Fsp3) is 0.190. The van der Waals surface area contributed by atoms with Gasteiger partial charge in [-0.25, -0.2) is 4.98 Å². The molecule has 1 aliphatic carbocycles. The van der Waals surface area contributed by atoms with Gasteiger partial charge in [0.15, 0.2) is 0 Å². The molecule has 134 valence electrons. The molecular weight excluding hydrogens is 381 g/mol. The molecule has 0 bridgehead atoms. The molecule has 0 aromatic carbocycles. The van der Waals surface area contributed by atoms with Gasteiger partial charge in [-0.15, -0.1) is 0 Å². The summed E-state index contributed by atoms with van der Waals surface area (Å²) in [7, 11) is 0. The van der Waals surface area contributed by atoms with Crippen LogP contribution in [0.25, 0.3) is 27.7 Å². The third-order valence-corrected chi connectivity index (χ3v) is 5.36. The fourth-order valence-corrected chi connectivity index (χ4v) is 3.85. The molecule has 1 N–H and O–H groups in total. The van der Waals surface area contributed by atoms with Gasteiger partial charge in [0, 0.05) is 29.5 Å². The number of H-pyrrole nitrogens is 1. The molecule has 0 amide bonds. The van der Waals surface area contributed by atoms with Gasteiger partial charge in [0.25, 0.3) is 5.56 Å². The Morgan fingerprint density at radius 1 is 1.29 bits per heavy atom. The molecular formula is C21H16KN3O3. The smallest absolute Gasteiger partial charge is 0.545 e. The SMILES string of the molecule is Cc1c(-c2cnc3[nH]ccc3c2)ccn2c(=O)c(C(=O)[O-])cc(C3CC3)c12.[K+]. The van der Waals surface area contributed by atoms with Crippen molar-refractivity contribution in [1.29, 1.82) is 0 Å². The largest absolute Gasteiger partial charge is 1.00 e. The monoisotopic (exact) mass is 397 g/mol. The quantitative estimate of drug-likeness (QED) is 0.467. The first-order chi connectivity index (χ1) is 13.0. The van der Waals surface area contributed by atoms with Crippen LogP contribution < -0.4 is 62.1 Å². The molecule has 1 aliphatic rings. The van der Waals surface area contributed by atoms with Crippen LogP contribution in [-0.2, 0) is 0 Å². The summed E-state index contributed by atoms with van der Waals surface area (Å²) in [4.78, 5) is 31.6. The van der Waals surface area contributed by atoms with Crippen LogP contribution in [-0.4, -0.2) is 20.3 Å². The molecule has 5 rings (SSSR count). The Hall–Kier alpha value is -1.77. The number of aromatic amines is 1. The number of carboxylic acids is 1. The summed E-state index contributed by atoms with van der Waals surface area (Å²) in [6, 6.07) is 7.38. The van der Waals surface area contributed by atoms with Crippen molar-refractivity contribution < 1.29 is 61.3 Å². The van der Waals surface area contributed by atoms with Crippen molar-refractivity contribution in [1.82, 2.24) is 14.4 Å². The molecule has 4 heterocycles. The van der Waals surface area contributed by atoms with E-state index in [4.69, 9.17) is 0 Å². The van der Waals surface area contributed by atoms with Crippen LogP contribution in [0.4, 0.5) is 0 Å². The van der Waals surface area contributed by atoms with E-state index in [0.717, 1.165) is 51.6 Å². The first kappa shape index (κ1) is 19.5. The van der Waals surface area contributed by atoms with Gasteiger partial charge < -0.3 is 14.9 Å². The van der Waals surface area contributed by atoms with E-state index in [2.05, 4.69) is 16.0 Å².